The maximum Gasteiger partial charge on any atom is 0.223 e. The number of carbonyl (C=O) groups is 1. The molecule has 2 rings (SSSR count). The van der Waals surface area contributed by atoms with Crippen LogP contribution in [0.4, 0.5) is 0 Å². The SMILES string of the molecule is CCN1CCC(N(C)C(=O)CC2C=CCC2)CC1. The molecule has 0 bridgehead atoms. The van der Waals surface area contributed by atoms with Gasteiger partial charge in [0, 0.05) is 32.6 Å². The lowest BCUT2D eigenvalue weighted by Gasteiger charge is -2.36. The summed E-state index contributed by atoms with van der Waals surface area (Å²) >= 11 is 0. The summed E-state index contributed by atoms with van der Waals surface area (Å²) in [4.78, 5) is 16.7. The zero-order valence-corrected chi connectivity index (χ0v) is 11.8. The third kappa shape index (κ3) is 3.35. The van der Waals surface area contributed by atoms with Gasteiger partial charge in [0.2, 0.25) is 5.91 Å². The molecule has 3 heteroatoms. The molecule has 1 atom stereocenters. The number of piperidine rings is 1. The van der Waals surface area contributed by atoms with Crippen LogP contribution in [0.25, 0.3) is 0 Å². The number of hydrogen-bond donors (Lipinski definition) is 0. The van der Waals surface area contributed by atoms with Crippen molar-refractivity contribution in [1.82, 2.24) is 9.80 Å². The van der Waals surface area contributed by atoms with E-state index in [1.54, 1.807) is 0 Å². The van der Waals surface area contributed by atoms with Crippen molar-refractivity contribution in [1.29, 1.82) is 0 Å². The van der Waals surface area contributed by atoms with Gasteiger partial charge in [0.25, 0.3) is 0 Å². The van der Waals surface area contributed by atoms with Gasteiger partial charge in [-0.05, 0) is 38.1 Å². The normalized spacial score (nSPS) is 25.6. The van der Waals surface area contributed by atoms with Crippen LogP contribution in [-0.4, -0.2) is 48.4 Å². The molecule has 0 saturated carbocycles. The van der Waals surface area contributed by atoms with E-state index in [0.717, 1.165) is 45.3 Å². The highest BCUT2D eigenvalue weighted by molar-refractivity contribution is 5.76. The van der Waals surface area contributed by atoms with Crippen LogP contribution >= 0.6 is 0 Å². The molecule has 3 nitrogen and oxygen atoms in total. The Morgan fingerprint density at radius 3 is 2.61 bits per heavy atom. The van der Waals surface area contributed by atoms with Gasteiger partial charge < -0.3 is 9.80 Å². The van der Waals surface area contributed by atoms with Gasteiger partial charge in [0.1, 0.15) is 0 Å². The minimum atomic E-state index is 0.335. The molecule has 1 fully saturated rings. The van der Waals surface area contributed by atoms with Crippen molar-refractivity contribution in [2.75, 3.05) is 26.7 Å². The predicted molar refractivity (Wildman–Crippen MR) is 74.4 cm³/mol. The third-order valence-corrected chi connectivity index (χ3v) is 4.49. The molecule has 0 radical (unpaired) electrons. The molecule has 1 aliphatic heterocycles. The molecule has 2 aliphatic rings. The van der Waals surface area contributed by atoms with Crippen LogP contribution in [0.15, 0.2) is 12.2 Å². The van der Waals surface area contributed by atoms with Gasteiger partial charge in [0.15, 0.2) is 0 Å². The Balaban J connectivity index is 1.78. The van der Waals surface area contributed by atoms with Crippen molar-refractivity contribution >= 4 is 5.91 Å². The quantitative estimate of drug-likeness (QED) is 0.715. The fraction of sp³-hybridized carbons (Fsp3) is 0.800. The zero-order chi connectivity index (χ0) is 13.0. The Bertz CT molecular complexity index is 306. The molecule has 1 aliphatic carbocycles. The molecule has 18 heavy (non-hydrogen) atoms. The number of rotatable bonds is 4. The standard InChI is InChI=1S/C15H26N2O/c1-3-17-10-8-14(9-11-17)16(2)15(18)12-13-6-4-5-7-13/h4,6,13-14H,3,5,7-12H2,1-2H3. The minimum Gasteiger partial charge on any atom is -0.343 e. The maximum atomic E-state index is 12.2. The molecule has 1 unspecified atom stereocenters. The van der Waals surface area contributed by atoms with Crippen molar-refractivity contribution in [2.24, 2.45) is 5.92 Å². The first-order valence-electron chi connectivity index (χ1n) is 7.35. The van der Waals surface area contributed by atoms with E-state index in [4.69, 9.17) is 0 Å². The molecule has 0 aromatic heterocycles. The Kier molecular flexibility index (Phi) is 4.81. The monoisotopic (exact) mass is 250 g/mol. The van der Waals surface area contributed by atoms with E-state index in [2.05, 4.69) is 24.0 Å². The molecule has 1 heterocycles. The number of hydrogen-bond acceptors (Lipinski definition) is 2. The van der Waals surface area contributed by atoms with E-state index in [1.807, 2.05) is 11.9 Å². The first kappa shape index (κ1) is 13.6. The molecule has 0 N–H and O–H groups in total. The summed E-state index contributed by atoms with van der Waals surface area (Å²) in [5, 5.41) is 0. The second kappa shape index (κ2) is 6.37. The van der Waals surface area contributed by atoms with E-state index in [0.29, 0.717) is 24.3 Å². The average Bonchev–Trinajstić information content (AvgIpc) is 2.91. The number of allylic oxidation sites excluding steroid dienone is 2. The second-order valence-corrected chi connectivity index (χ2v) is 5.64. The highest BCUT2D eigenvalue weighted by Crippen LogP contribution is 2.23. The van der Waals surface area contributed by atoms with Crippen LogP contribution in [0.2, 0.25) is 0 Å². The van der Waals surface area contributed by atoms with Gasteiger partial charge >= 0.3 is 0 Å². The van der Waals surface area contributed by atoms with E-state index in [-0.39, 0.29) is 0 Å². The van der Waals surface area contributed by atoms with E-state index in [9.17, 15) is 4.79 Å². The fourth-order valence-electron chi connectivity index (χ4n) is 3.06. The van der Waals surface area contributed by atoms with Gasteiger partial charge in [-0.3, -0.25) is 4.79 Å². The van der Waals surface area contributed by atoms with Gasteiger partial charge in [0.05, 0.1) is 0 Å². The summed E-state index contributed by atoms with van der Waals surface area (Å²) < 4.78 is 0. The second-order valence-electron chi connectivity index (χ2n) is 5.64. The highest BCUT2D eigenvalue weighted by Gasteiger charge is 2.26. The van der Waals surface area contributed by atoms with Crippen LogP contribution < -0.4 is 0 Å². The molecule has 1 saturated heterocycles. The summed E-state index contributed by atoms with van der Waals surface area (Å²) in [6.45, 7) is 5.63. The van der Waals surface area contributed by atoms with Crippen LogP contribution in [0.5, 0.6) is 0 Å². The number of amides is 1. The van der Waals surface area contributed by atoms with Crippen LogP contribution in [0, 0.1) is 5.92 Å². The summed E-state index contributed by atoms with van der Waals surface area (Å²) in [5.41, 5.74) is 0. The van der Waals surface area contributed by atoms with Crippen LogP contribution in [0.3, 0.4) is 0 Å². The minimum absolute atomic E-state index is 0.335. The Labute approximate surface area is 111 Å². The molecular weight excluding hydrogens is 224 g/mol. The van der Waals surface area contributed by atoms with Crippen LogP contribution in [0.1, 0.15) is 39.0 Å². The van der Waals surface area contributed by atoms with Crippen LogP contribution in [-0.2, 0) is 4.79 Å². The van der Waals surface area contributed by atoms with E-state index < -0.39 is 0 Å². The topological polar surface area (TPSA) is 23.6 Å². The summed E-state index contributed by atoms with van der Waals surface area (Å²) in [6, 6.07) is 0.464. The summed E-state index contributed by atoms with van der Waals surface area (Å²) in [7, 11) is 1.99. The predicted octanol–water partition coefficient (Wildman–Crippen LogP) is 2.29. The third-order valence-electron chi connectivity index (χ3n) is 4.49. The molecule has 1 amide bonds. The van der Waals surface area contributed by atoms with Gasteiger partial charge in [-0.25, -0.2) is 0 Å². The average molecular weight is 250 g/mol. The van der Waals surface area contributed by atoms with Crippen molar-refractivity contribution in [3.8, 4) is 0 Å². The molecule has 0 aromatic rings. The van der Waals surface area contributed by atoms with Crippen molar-refractivity contribution in [3.05, 3.63) is 12.2 Å². The lowest BCUT2D eigenvalue weighted by atomic mass is 10.0. The largest absolute Gasteiger partial charge is 0.343 e. The van der Waals surface area contributed by atoms with Gasteiger partial charge in [-0.15, -0.1) is 0 Å². The van der Waals surface area contributed by atoms with Crippen molar-refractivity contribution in [3.63, 3.8) is 0 Å². The smallest absolute Gasteiger partial charge is 0.223 e. The van der Waals surface area contributed by atoms with E-state index >= 15 is 0 Å². The maximum absolute atomic E-state index is 12.2. The number of likely N-dealkylation sites (tertiary alicyclic amines) is 1. The molecule has 102 valence electrons. The number of nitrogens with zero attached hydrogens (tertiary/aromatic N) is 2. The molecule has 0 spiro atoms. The Morgan fingerprint density at radius 2 is 2.06 bits per heavy atom. The van der Waals surface area contributed by atoms with Crippen molar-refractivity contribution in [2.45, 2.75) is 45.1 Å². The summed E-state index contributed by atoms with van der Waals surface area (Å²) in [5.74, 6) is 0.831. The lowest BCUT2D eigenvalue weighted by molar-refractivity contribution is -0.133. The Hall–Kier alpha value is -0.830. The fourth-order valence-corrected chi connectivity index (χ4v) is 3.06. The van der Waals surface area contributed by atoms with Gasteiger partial charge in [-0.2, -0.15) is 0 Å². The lowest BCUT2D eigenvalue weighted by Crippen LogP contribution is -2.45. The zero-order valence-electron chi connectivity index (χ0n) is 11.8. The molecule has 0 aromatic carbocycles. The molecular formula is C15H26N2O. The highest BCUT2D eigenvalue weighted by atomic mass is 16.2. The van der Waals surface area contributed by atoms with Crippen molar-refractivity contribution < 1.29 is 4.79 Å². The number of carbonyl (C=O) groups excluding carboxylic acids is 1. The first-order chi connectivity index (χ1) is 8.70. The first-order valence-corrected chi connectivity index (χ1v) is 7.35. The summed E-state index contributed by atoms with van der Waals surface area (Å²) in [6.07, 6.45) is 9.71. The van der Waals surface area contributed by atoms with Gasteiger partial charge in [-0.1, -0.05) is 19.1 Å². The Morgan fingerprint density at radius 1 is 1.33 bits per heavy atom. The van der Waals surface area contributed by atoms with E-state index in [1.165, 1.54) is 0 Å².